The van der Waals surface area contributed by atoms with Crippen LogP contribution in [0.25, 0.3) is 0 Å². The molecule has 0 bridgehead atoms. The molecule has 0 atom stereocenters. The summed E-state index contributed by atoms with van der Waals surface area (Å²) in [6, 6.07) is 17.3. The van der Waals surface area contributed by atoms with Crippen LogP contribution in [0.3, 0.4) is 0 Å². The average molecular weight is 366 g/mol. The second-order valence-corrected chi connectivity index (χ2v) is 4.81. The summed E-state index contributed by atoms with van der Waals surface area (Å²) in [7, 11) is 0. The number of nitriles is 4. The second kappa shape index (κ2) is 13.3. The van der Waals surface area contributed by atoms with E-state index in [1.54, 1.807) is 24.3 Å². The monoisotopic (exact) mass is 366 g/mol. The molecule has 0 heterocycles. The van der Waals surface area contributed by atoms with Crippen LogP contribution in [0, 0.1) is 45.3 Å². The van der Waals surface area contributed by atoms with Gasteiger partial charge in [-0.2, -0.15) is 25.9 Å². The van der Waals surface area contributed by atoms with E-state index in [0.29, 0.717) is 16.0 Å². The van der Waals surface area contributed by atoms with E-state index >= 15 is 0 Å². The van der Waals surface area contributed by atoms with Gasteiger partial charge in [-0.1, -0.05) is 12.1 Å². The molecule has 24 heavy (non-hydrogen) atoms. The minimum atomic E-state index is 0. The van der Waals surface area contributed by atoms with Crippen molar-refractivity contribution in [3.05, 3.63) is 58.7 Å². The van der Waals surface area contributed by atoms with Crippen molar-refractivity contribution in [3.8, 4) is 24.3 Å². The number of benzene rings is 2. The van der Waals surface area contributed by atoms with Crippen LogP contribution in [0.15, 0.2) is 46.2 Å². The fourth-order valence-electron chi connectivity index (χ4n) is 1.40. The maximum atomic E-state index is 8.64. The van der Waals surface area contributed by atoms with Crippen molar-refractivity contribution in [2.75, 3.05) is 0 Å². The van der Waals surface area contributed by atoms with Gasteiger partial charge in [-0.3, -0.25) is 0 Å². The van der Waals surface area contributed by atoms with Crippen LogP contribution >= 0.6 is 12.6 Å². The molecule has 2 aromatic carbocycles. The molecule has 0 unspecified atom stereocenters. The number of nitrogens with zero attached hydrogens (tertiary/aromatic N) is 4. The van der Waals surface area contributed by atoms with E-state index < -0.39 is 0 Å². The molecule has 0 saturated carbocycles. The number of rotatable bonds is 0. The summed E-state index contributed by atoms with van der Waals surface area (Å²) >= 11 is 8.81. The summed E-state index contributed by atoms with van der Waals surface area (Å²) in [5, 5.41) is 34.2. The Kier molecular flexibility index (Phi) is 14.0. The van der Waals surface area contributed by atoms with Gasteiger partial charge < -0.3 is 12.6 Å². The van der Waals surface area contributed by atoms with Crippen LogP contribution in [-0.2, 0) is 12.6 Å². The molecule has 4 nitrogen and oxygen atoms in total. The zero-order valence-corrected chi connectivity index (χ0v) is 15.8. The van der Waals surface area contributed by atoms with Crippen molar-refractivity contribution in [2.24, 2.45) is 0 Å². The van der Waals surface area contributed by atoms with E-state index in [9.17, 15) is 0 Å². The van der Waals surface area contributed by atoms with Gasteiger partial charge in [0.15, 0.2) is 0 Å². The van der Waals surface area contributed by atoms with E-state index in [2.05, 4.69) is 12.6 Å². The van der Waals surface area contributed by atoms with Crippen molar-refractivity contribution in [3.63, 3.8) is 0 Å². The second-order valence-electron chi connectivity index (χ2n) is 3.89. The number of hydrogen-bond donors (Lipinski definition) is 1. The number of hydrogen-bond acceptors (Lipinski definition) is 6. The van der Waals surface area contributed by atoms with Crippen LogP contribution in [0.2, 0.25) is 0 Å². The third-order valence-corrected chi connectivity index (χ3v) is 3.22. The van der Waals surface area contributed by atoms with Gasteiger partial charge >= 0.3 is 59.1 Å². The molecule has 0 saturated heterocycles. The summed E-state index contributed by atoms with van der Waals surface area (Å²) in [6.45, 7) is 0. The average Bonchev–Trinajstić information content (AvgIpc) is 2.56. The molecular weight excluding hydrogens is 358 g/mol. The predicted molar refractivity (Wildman–Crippen MR) is 91.8 cm³/mol. The minimum absolute atomic E-state index is 0. The Labute approximate surface area is 196 Å². The fourth-order valence-corrected chi connectivity index (χ4v) is 1.76. The first-order valence-electron chi connectivity index (χ1n) is 5.80. The topological polar surface area (TPSA) is 95.2 Å². The van der Waals surface area contributed by atoms with Crippen LogP contribution < -0.4 is 29.6 Å². The SMILES string of the molecule is N#Cc1cc(C#N)c(S)c(C#N)c1.N#Cc1ccc([S-])cc1.[Na+].[NaH]. The third kappa shape index (κ3) is 7.69. The van der Waals surface area contributed by atoms with Crippen LogP contribution in [0.4, 0.5) is 0 Å². The molecule has 0 radical (unpaired) electrons. The van der Waals surface area contributed by atoms with Gasteiger partial charge in [0, 0.05) is 4.90 Å². The standard InChI is InChI=1S/C9H3N3S.C7H5NS.2Na.H/c10-3-6-1-7(4-11)9(13)8(2-6)5-12;8-5-6-1-3-7(9)4-2-6;;;/h1-2,13H;1-4,9H;;;/q;;;+1;/p-1. The van der Waals surface area contributed by atoms with Crippen LogP contribution in [0.1, 0.15) is 22.3 Å². The summed E-state index contributed by atoms with van der Waals surface area (Å²) in [6.07, 6.45) is 0. The van der Waals surface area contributed by atoms with Gasteiger partial charge in [0.25, 0.3) is 0 Å². The molecule has 106 valence electrons. The Morgan fingerprint density at radius 2 is 1.17 bits per heavy atom. The summed E-state index contributed by atoms with van der Waals surface area (Å²) < 4.78 is 0. The molecular formula is C16H8N4Na2S2. The molecule has 0 amide bonds. The summed E-state index contributed by atoms with van der Waals surface area (Å²) in [5.41, 5.74) is 1.45. The molecule has 0 spiro atoms. The third-order valence-electron chi connectivity index (χ3n) is 2.46. The Morgan fingerprint density at radius 1 is 0.750 bits per heavy atom. The van der Waals surface area contributed by atoms with Gasteiger partial charge in [-0.25, -0.2) is 0 Å². The molecule has 2 rings (SSSR count). The van der Waals surface area contributed by atoms with E-state index in [1.807, 2.05) is 24.3 Å². The first kappa shape index (κ1) is 25.2. The van der Waals surface area contributed by atoms with Crippen molar-refractivity contribution in [1.82, 2.24) is 0 Å². The Bertz CT molecular complexity index is 819. The van der Waals surface area contributed by atoms with Gasteiger partial charge in [-0.05, 0) is 24.3 Å². The van der Waals surface area contributed by atoms with Crippen molar-refractivity contribution >= 4 is 54.8 Å². The molecule has 0 N–H and O–H groups in total. The van der Waals surface area contributed by atoms with Crippen LogP contribution in [0.5, 0.6) is 0 Å². The molecule has 2 aromatic rings. The van der Waals surface area contributed by atoms with Gasteiger partial charge in [0.1, 0.15) is 12.1 Å². The predicted octanol–water partition coefficient (Wildman–Crippen LogP) is -0.590. The van der Waals surface area contributed by atoms with E-state index in [1.165, 1.54) is 12.1 Å². The first-order valence-corrected chi connectivity index (χ1v) is 6.65. The van der Waals surface area contributed by atoms with Crippen molar-refractivity contribution in [1.29, 1.82) is 21.0 Å². The van der Waals surface area contributed by atoms with Crippen LogP contribution in [-0.4, -0.2) is 29.6 Å². The Hall–Kier alpha value is -1.03. The quantitative estimate of drug-likeness (QED) is 0.382. The van der Waals surface area contributed by atoms with E-state index in [-0.39, 0.29) is 70.2 Å². The normalized spacial score (nSPS) is 7.54. The van der Waals surface area contributed by atoms with E-state index in [0.717, 1.165) is 4.90 Å². The van der Waals surface area contributed by atoms with Crippen molar-refractivity contribution < 1.29 is 29.6 Å². The summed E-state index contributed by atoms with van der Waals surface area (Å²) in [4.78, 5) is 1.10. The van der Waals surface area contributed by atoms with Gasteiger partial charge in [0.2, 0.25) is 0 Å². The zero-order valence-electron chi connectivity index (χ0n) is 12.1. The molecule has 0 fully saturated rings. The molecule has 8 heteroatoms. The molecule has 0 aliphatic heterocycles. The fraction of sp³-hybridized carbons (Fsp3) is 0. The molecule has 0 aromatic heterocycles. The molecule has 0 aliphatic rings. The first-order chi connectivity index (χ1) is 10.5. The van der Waals surface area contributed by atoms with E-state index in [4.69, 9.17) is 33.7 Å². The Morgan fingerprint density at radius 3 is 1.50 bits per heavy atom. The number of thiol groups is 1. The van der Waals surface area contributed by atoms with Crippen molar-refractivity contribution in [2.45, 2.75) is 9.79 Å². The van der Waals surface area contributed by atoms with Gasteiger partial charge in [0.05, 0.1) is 34.4 Å². The maximum absolute atomic E-state index is 8.64. The Balaban J connectivity index is 0. The summed E-state index contributed by atoms with van der Waals surface area (Å²) in [5.74, 6) is 0. The molecule has 0 aliphatic carbocycles. The zero-order chi connectivity index (χ0) is 16.5. The van der Waals surface area contributed by atoms with Gasteiger partial charge in [-0.15, -0.1) is 12.6 Å².